The van der Waals surface area contributed by atoms with E-state index in [1.54, 1.807) is 35.9 Å². The van der Waals surface area contributed by atoms with Gasteiger partial charge in [-0.05, 0) is 69.0 Å². The molecule has 0 aliphatic heterocycles. The topological polar surface area (TPSA) is 159 Å². The number of benzene rings is 1. The van der Waals surface area contributed by atoms with Crippen LogP contribution in [0.3, 0.4) is 0 Å². The van der Waals surface area contributed by atoms with E-state index < -0.39 is 10.1 Å². The minimum atomic E-state index is -4.32. The Kier molecular flexibility index (Phi) is 8.90. The van der Waals surface area contributed by atoms with Crippen LogP contribution in [0.15, 0.2) is 62.2 Å². The first-order valence-corrected chi connectivity index (χ1v) is 15.1. The maximum atomic E-state index is 13.1. The zero-order chi connectivity index (χ0) is 29.9. The maximum absolute atomic E-state index is 13.1. The first-order valence-electron chi connectivity index (χ1n) is 12.9. The molecule has 4 aromatic heterocycles. The zero-order valence-corrected chi connectivity index (χ0v) is 25.1. The molecule has 0 atom stereocenters. The number of aryl methyl sites for hydroxylation is 4. The molecule has 0 saturated heterocycles. The van der Waals surface area contributed by atoms with E-state index in [2.05, 4.69) is 15.2 Å². The van der Waals surface area contributed by atoms with Crippen LogP contribution in [-0.2, 0) is 23.1 Å². The molecule has 0 spiro atoms. The van der Waals surface area contributed by atoms with Gasteiger partial charge in [0.2, 0.25) is 0 Å². The highest BCUT2D eigenvalue weighted by Crippen LogP contribution is 2.36. The van der Waals surface area contributed by atoms with E-state index >= 15 is 0 Å². The van der Waals surface area contributed by atoms with E-state index in [-0.39, 0.29) is 9.90 Å². The average Bonchev–Trinajstić information content (AvgIpc) is 3.57. The maximum Gasteiger partial charge on any atom is 0.352 e. The number of nitrogen functional groups attached to an aromatic ring is 1. The van der Waals surface area contributed by atoms with E-state index in [4.69, 9.17) is 10.3 Å². The molecule has 0 bridgehead atoms. The summed E-state index contributed by atoms with van der Waals surface area (Å²) in [5.41, 5.74) is 8.94. The molecular weight excluding hydrogens is 564 g/mol. The molecule has 11 nitrogen and oxygen atoms in total. The van der Waals surface area contributed by atoms with Gasteiger partial charge in [0.15, 0.2) is 15.8 Å². The standard InChI is InChI=1S/C23H24N4O4S2.C5H8N2O/c1-4-7-21-25-27(20-8-5-6-11-24-20)23(28)26(21)14-17-9-10-18(15(2)12-17)19-13-16(3)32-22(19)33(29,30)31;1-3-4(2)8-7-5(3)6/h5-6,8-13H,4,7,14H2,1-3H3,(H,29,30,31);1-2H3,(H2,6,7). The van der Waals surface area contributed by atoms with Crippen molar-refractivity contribution in [3.63, 3.8) is 0 Å². The summed E-state index contributed by atoms with van der Waals surface area (Å²) in [5, 5.41) is 8.02. The van der Waals surface area contributed by atoms with Gasteiger partial charge in [-0.3, -0.25) is 9.12 Å². The Morgan fingerprint density at radius 3 is 2.37 bits per heavy atom. The molecular formula is C28H32N6O5S2. The molecule has 5 aromatic rings. The highest BCUT2D eigenvalue weighted by atomic mass is 32.3. The average molecular weight is 597 g/mol. The van der Waals surface area contributed by atoms with Crippen LogP contribution in [0.2, 0.25) is 0 Å². The number of thiophene rings is 1. The van der Waals surface area contributed by atoms with Crippen molar-refractivity contribution in [1.29, 1.82) is 0 Å². The third-order valence-electron chi connectivity index (χ3n) is 6.45. The Morgan fingerprint density at radius 1 is 1.07 bits per heavy atom. The van der Waals surface area contributed by atoms with Gasteiger partial charge in [-0.15, -0.1) is 16.4 Å². The summed E-state index contributed by atoms with van der Waals surface area (Å²) < 4.78 is 40.9. The van der Waals surface area contributed by atoms with Crippen molar-refractivity contribution in [3.05, 3.63) is 92.3 Å². The quantitative estimate of drug-likeness (QED) is 0.249. The van der Waals surface area contributed by atoms with Crippen LogP contribution in [0.1, 0.15) is 46.5 Å². The lowest BCUT2D eigenvalue weighted by Gasteiger charge is -2.10. The number of nitrogens with zero attached hydrogens (tertiary/aromatic N) is 5. The Bertz CT molecular complexity index is 1820. The lowest BCUT2D eigenvalue weighted by Crippen LogP contribution is -2.25. The predicted molar refractivity (Wildman–Crippen MR) is 158 cm³/mol. The molecule has 0 amide bonds. The molecule has 0 fully saturated rings. The van der Waals surface area contributed by atoms with Crippen LogP contribution < -0.4 is 11.4 Å². The number of aromatic nitrogens is 5. The summed E-state index contributed by atoms with van der Waals surface area (Å²) in [7, 11) is -4.32. The zero-order valence-electron chi connectivity index (χ0n) is 23.5. The van der Waals surface area contributed by atoms with Gasteiger partial charge in [0, 0.05) is 28.6 Å². The van der Waals surface area contributed by atoms with Gasteiger partial charge in [0.05, 0.1) is 6.54 Å². The van der Waals surface area contributed by atoms with E-state index in [9.17, 15) is 17.8 Å². The van der Waals surface area contributed by atoms with Crippen molar-refractivity contribution in [1.82, 2.24) is 24.5 Å². The Balaban J connectivity index is 0.000000417. The predicted octanol–water partition coefficient (Wildman–Crippen LogP) is 4.90. The van der Waals surface area contributed by atoms with Gasteiger partial charge < -0.3 is 10.3 Å². The third-order valence-corrected chi connectivity index (χ3v) is 8.86. The second-order valence-corrected chi connectivity index (χ2v) is 12.4. The number of hydrogen-bond acceptors (Lipinski definition) is 9. The monoisotopic (exact) mass is 596 g/mol. The number of rotatable bonds is 7. The number of pyridine rings is 1. The molecule has 0 radical (unpaired) electrons. The number of nitrogens with two attached hydrogens (primary N) is 1. The van der Waals surface area contributed by atoms with E-state index in [1.165, 1.54) is 4.68 Å². The molecule has 41 heavy (non-hydrogen) atoms. The number of hydrogen-bond donors (Lipinski definition) is 2. The van der Waals surface area contributed by atoms with Crippen molar-refractivity contribution >= 4 is 27.3 Å². The lowest BCUT2D eigenvalue weighted by molar-refractivity contribution is 0.399. The minimum absolute atomic E-state index is 0.0612. The lowest BCUT2D eigenvalue weighted by atomic mass is 10.00. The van der Waals surface area contributed by atoms with Crippen LogP contribution in [0, 0.1) is 27.7 Å². The molecule has 1 aromatic carbocycles. The Labute approximate surface area is 242 Å². The fourth-order valence-electron chi connectivity index (χ4n) is 4.25. The summed E-state index contributed by atoms with van der Waals surface area (Å²) in [6.07, 6.45) is 3.11. The second kappa shape index (κ2) is 12.2. The van der Waals surface area contributed by atoms with E-state index in [0.717, 1.165) is 50.6 Å². The molecule has 0 saturated carbocycles. The molecule has 0 unspecified atom stereocenters. The smallest absolute Gasteiger partial charge is 0.352 e. The molecule has 0 aliphatic rings. The van der Waals surface area contributed by atoms with Gasteiger partial charge in [0.25, 0.3) is 0 Å². The van der Waals surface area contributed by atoms with Crippen LogP contribution in [0.4, 0.5) is 5.82 Å². The fraction of sp³-hybridized carbons (Fsp3) is 0.286. The Morgan fingerprint density at radius 2 is 1.83 bits per heavy atom. The van der Waals surface area contributed by atoms with Gasteiger partial charge >= 0.3 is 15.8 Å². The van der Waals surface area contributed by atoms with Crippen molar-refractivity contribution in [2.24, 2.45) is 0 Å². The van der Waals surface area contributed by atoms with Crippen LogP contribution in [0.25, 0.3) is 16.9 Å². The van der Waals surface area contributed by atoms with Gasteiger partial charge in [-0.1, -0.05) is 36.3 Å². The van der Waals surface area contributed by atoms with Crippen molar-refractivity contribution in [2.45, 2.75) is 58.2 Å². The second-order valence-electron chi connectivity index (χ2n) is 9.57. The molecule has 216 valence electrons. The van der Waals surface area contributed by atoms with Crippen molar-refractivity contribution in [2.75, 3.05) is 5.73 Å². The van der Waals surface area contributed by atoms with Crippen molar-refractivity contribution < 1.29 is 17.5 Å². The third kappa shape index (κ3) is 6.64. The largest absolute Gasteiger partial charge is 0.381 e. The molecule has 3 N–H and O–H groups in total. The minimum Gasteiger partial charge on any atom is -0.381 e. The highest BCUT2D eigenvalue weighted by molar-refractivity contribution is 7.88. The highest BCUT2D eigenvalue weighted by Gasteiger charge is 2.22. The summed E-state index contributed by atoms with van der Waals surface area (Å²) in [5.74, 6) is 2.43. The van der Waals surface area contributed by atoms with Crippen LogP contribution in [0.5, 0.6) is 0 Å². The fourth-order valence-corrected chi connectivity index (χ4v) is 6.26. The molecule has 13 heteroatoms. The van der Waals surface area contributed by atoms with E-state index in [0.29, 0.717) is 36.0 Å². The SMILES string of the molecule is CCCc1nn(-c2ccccn2)c(=O)n1Cc1ccc(-c2cc(C)sc2S(=O)(=O)O)c(C)c1.Cc1onc(N)c1C. The molecule has 4 heterocycles. The van der Waals surface area contributed by atoms with Gasteiger partial charge in [0.1, 0.15) is 11.6 Å². The van der Waals surface area contributed by atoms with Gasteiger partial charge in [-0.25, -0.2) is 9.78 Å². The summed E-state index contributed by atoms with van der Waals surface area (Å²) in [6.45, 7) is 9.75. The van der Waals surface area contributed by atoms with Gasteiger partial charge in [-0.2, -0.15) is 13.1 Å². The first-order chi connectivity index (χ1) is 19.4. The van der Waals surface area contributed by atoms with Crippen molar-refractivity contribution in [3.8, 4) is 16.9 Å². The first kappa shape index (κ1) is 29.9. The summed E-state index contributed by atoms with van der Waals surface area (Å²) in [4.78, 5) is 18.2. The molecule has 0 aliphatic carbocycles. The molecule has 5 rings (SSSR count). The Hall–Kier alpha value is -4.07. The summed E-state index contributed by atoms with van der Waals surface area (Å²) >= 11 is 1.04. The van der Waals surface area contributed by atoms with E-state index in [1.807, 2.05) is 52.0 Å². The summed E-state index contributed by atoms with van der Waals surface area (Å²) in [6, 6.07) is 12.7. The number of anilines is 1. The van der Waals surface area contributed by atoms with Crippen LogP contribution >= 0.6 is 11.3 Å². The van der Waals surface area contributed by atoms with Crippen LogP contribution in [-0.4, -0.2) is 37.5 Å². The normalized spacial score (nSPS) is 11.4.